The second-order valence-electron chi connectivity index (χ2n) is 9.69. The summed E-state index contributed by atoms with van der Waals surface area (Å²) in [5, 5.41) is 11.9. The summed E-state index contributed by atoms with van der Waals surface area (Å²) in [4.78, 5) is 24.8. The first-order valence-corrected chi connectivity index (χ1v) is 11.4. The third-order valence-corrected chi connectivity index (χ3v) is 5.09. The van der Waals surface area contributed by atoms with Gasteiger partial charge in [0.2, 0.25) is 0 Å². The van der Waals surface area contributed by atoms with Crippen LogP contribution in [0.15, 0.2) is 58.8 Å². The summed E-state index contributed by atoms with van der Waals surface area (Å²) in [6.07, 6.45) is 0. The van der Waals surface area contributed by atoms with Crippen LogP contribution in [0.25, 0.3) is 0 Å². The monoisotopic (exact) mass is 514 g/mol. The number of halogens is 4. The van der Waals surface area contributed by atoms with Gasteiger partial charge in [0.05, 0.1) is 0 Å². The zero-order valence-corrected chi connectivity index (χ0v) is 20.9. The van der Waals surface area contributed by atoms with Crippen molar-refractivity contribution in [3.63, 3.8) is 0 Å². The van der Waals surface area contributed by atoms with E-state index in [2.05, 4.69) is 20.9 Å². The van der Waals surface area contributed by atoms with E-state index < -0.39 is 46.0 Å². The van der Waals surface area contributed by atoms with Crippen molar-refractivity contribution in [2.75, 3.05) is 10.6 Å². The zero-order valence-electron chi connectivity index (χ0n) is 20.9. The summed E-state index contributed by atoms with van der Waals surface area (Å²) in [7, 11) is 0. The number of nitrogens with zero attached hydrogens (tertiary/aromatic N) is 2. The van der Waals surface area contributed by atoms with Crippen LogP contribution in [-0.2, 0) is 0 Å². The van der Waals surface area contributed by atoms with Crippen LogP contribution >= 0.6 is 0 Å². The molecule has 6 nitrogen and oxygen atoms in total. The maximum atomic E-state index is 14.5. The van der Waals surface area contributed by atoms with Crippen molar-refractivity contribution in [3.05, 3.63) is 82.9 Å². The molecule has 0 saturated heterocycles. The lowest BCUT2D eigenvalue weighted by atomic mass is 9.86. The van der Waals surface area contributed by atoms with E-state index in [0.717, 1.165) is 24.3 Å². The summed E-state index contributed by atoms with van der Waals surface area (Å²) in [5.74, 6) is -5.30. The van der Waals surface area contributed by atoms with E-state index in [9.17, 15) is 27.2 Å². The maximum absolute atomic E-state index is 14.5. The Labute approximate surface area is 211 Å². The number of carbonyl (C=O) groups excluding carboxylic acids is 2. The van der Waals surface area contributed by atoms with Crippen molar-refractivity contribution >= 4 is 34.4 Å². The molecule has 0 saturated carbocycles. The SMILES string of the molecule is CC(C)Nc1cc(F)c(/N=N/c2c(F)cc(NC(=O)c3ccc(C(=O)C(C)(C)C)cc3)cc2F)c(F)c1. The van der Waals surface area contributed by atoms with Gasteiger partial charge in [-0.05, 0) is 50.2 Å². The molecular formula is C27H26F4N4O2. The Bertz CT molecular complexity index is 1320. The molecule has 2 N–H and O–H groups in total. The molecule has 0 fully saturated rings. The number of amides is 1. The Kier molecular flexibility index (Phi) is 8.10. The van der Waals surface area contributed by atoms with Crippen molar-refractivity contribution in [2.45, 2.75) is 40.7 Å². The summed E-state index contributed by atoms with van der Waals surface area (Å²) in [5.41, 5.74) is -1.73. The van der Waals surface area contributed by atoms with Crippen LogP contribution in [0, 0.1) is 28.7 Å². The number of nitrogens with one attached hydrogen (secondary N) is 2. The van der Waals surface area contributed by atoms with Gasteiger partial charge in [0, 0.05) is 34.0 Å². The van der Waals surface area contributed by atoms with Crippen LogP contribution in [0.2, 0.25) is 0 Å². The van der Waals surface area contributed by atoms with E-state index in [1.807, 2.05) is 0 Å². The average molecular weight is 515 g/mol. The van der Waals surface area contributed by atoms with Crippen LogP contribution in [0.3, 0.4) is 0 Å². The fourth-order valence-corrected chi connectivity index (χ4v) is 3.32. The van der Waals surface area contributed by atoms with Crippen molar-refractivity contribution in [1.82, 2.24) is 0 Å². The highest BCUT2D eigenvalue weighted by molar-refractivity contribution is 6.05. The molecule has 3 aromatic rings. The number of rotatable bonds is 7. The summed E-state index contributed by atoms with van der Waals surface area (Å²) >= 11 is 0. The number of ketones is 1. The standard InChI is InChI=1S/C27H26F4N4O2/c1-14(2)32-17-10-19(28)23(20(29)11-17)34-35-24-21(30)12-18(13-22(24)31)33-26(37)16-8-6-15(7-9-16)25(36)27(3,4)5/h6-14,32H,1-5H3,(H,33,37)/b35-34+. The Morgan fingerprint density at radius 1 is 0.730 bits per heavy atom. The van der Waals surface area contributed by atoms with Gasteiger partial charge in [-0.2, -0.15) is 0 Å². The van der Waals surface area contributed by atoms with Crippen LogP contribution < -0.4 is 10.6 Å². The van der Waals surface area contributed by atoms with E-state index in [1.54, 1.807) is 34.6 Å². The van der Waals surface area contributed by atoms with Gasteiger partial charge in [-0.3, -0.25) is 9.59 Å². The molecule has 0 radical (unpaired) electrons. The predicted octanol–water partition coefficient (Wildman–Crippen LogP) is 7.96. The van der Waals surface area contributed by atoms with Crippen LogP contribution in [0.4, 0.5) is 40.3 Å². The molecule has 37 heavy (non-hydrogen) atoms. The van der Waals surface area contributed by atoms with Crippen LogP contribution in [0.1, 0.15) is 55.3 Å². The number of hydrogen-bond acceptors (Lipinski definition) is 5. The molecular weight excluding hydrogens is 488 g/mol. The smallest absolute Gasteiger partial charge is 0.255 e. The summed E-state index contributed by atoms with van der Waals surface area (Å²) in [6.45, 7) is 8.89. The molecule has 0 unspecified atom stereocenters. The van der Waals surface area contributed by atoms with E-state index in [-0.39, 0.29) is 28.8 Å². The molecule has 194 valence electrons. The molecule has 1 amide bonds. The zero-order chi connectivity index (χ0) is 27.5. The fourth-order valence-electron chi connectivity index (χ4n) is 3.32. The minimum absolute atomic E-state index is 0.0782. The van der Waals surface area contributed by atoms with Crippen molar-refractivity contribution in [3.8, 4) is 0 Å². The fraction of sp³-hybridized carbons (Fsp3) is 0.259. The largest absolute Gasteiger partial charge is 0.383 e. The number of benzene rings is 3. The highest BCUT2D eigenvalue weighted by Gasteiger charge is 2.23. The molecule has 0 aromatic heterocycles. The van der Waals surface area contributed by atoms with Gasteiger partial charge in [0.25, 0.3) is 5.91 Å². The molecule has 3 aromatic carbocycles. The molecule has 0 spiro atoms. The van der Waals surface area contributed by atoms with E-state index in [1.165, 1.54) is 24.3 Å². The Morgan fingerprint density at radius 3 is 1.54 bits per heavy atom. The lowest BCUT2D eigenvalue weighted by molar-refractivity contribution is 0.0857. The highest BCUT2D eigenvalue weighted by Crippen LogP contribution is 2.31. The molecule has 0 atom stereocenters. The molecule has 10 heteroatoms. The lowest BCUT2D eigenvalue weighted by Gasteiger charge is -2.16. The Morgan fingerprint density at radius 2 is 1.14 bits per heavy atom. The second-order valence-corrected chi connectivity index (χ2v) is 9.69. The number of azo groups is 1. The van der Waals surface area contributed by atoms with Gasteiger partial charge in [0.15, 0.2) is 40.4 Å². The number of carbonyl (C=O) groups is 2. The van der Waals surface area contributed by atoms with E-state index >= 15 is 0 Å². The summed E-state index contributed by atoms with van der Waals surface area (Å²) in [6, 6.07) is 9.36. The average Bonchev–Trinajstić information content (AvgIpc) is 2.78. The molecule has 0 aliphatic heterocycles. The number of anilines is 2. The van der Waals surface area contributed by atoms with Gasteiger partial charge in [0.1, 0.15) is 0 Å². The van der Waals surface area contributed by atoms with Gasteiger partial charge >= 0.3 is 0 Å². The Hall–Kier alpha value is -4.08. The van der Waals surface area contributed by atoms with Crippen LogP contribution in [0.5, 0.6) is 0 Å². The normalized spacial score (nSPS) is 11.7. The van der Waals surface area contributed by atoms with Gasteiger partial charge in [-0.25, -0.2) is 17.6 Å². The molecule has 3 rings (SSSR count). The third-order valence-electron chi connectivity index (χ3n) is 5.09. The molecule has 0 aliphatic rings. The molecule has 0 heterocycles. The minimum atomic E-state index is -1.20. The van der Waals surface area contributed by atoms with E-state index in [4.69, 9.17) is 0 Å². The first kappa shape index (κ1) is 27.5. The second kappa shape index (κ2) is 10.9. The number of Topliss-reactive ketones (excluding diaryl/α,β-unsaturated/α-hetero) is 1. The quantitative estimate of drug-likeness (QED) is 0.191. The minimum Gasteiger partial charge on any atom is -0.383 e. The van der Waals surface area contributed by atoms with Crippen molar-refractivity contribution in [1.29, 1.82) is 0 Å². The molecule has 0 aliphatic carbocycles. The summed E-state index contributed by atoms with van der Waals surface area (Å²) < 4.78 is 57.6. The number of hydrogen-bond donors (Lipinski definition) is 2. The third kappa shape index (κ3) is 6.78. The van der Waals surface area contributed by atoms with Crippen molar-refractivity contribution < 1.29 is 27.2 Å². The maximum Gasteiger partial charge on any atom is 0.255 e. The molecule has 0 bridgehead atoms. The first-order chi connectivity index (χ1) is 17.3. The highest BCUT2D eigenvalue weighted by atomic mass is 19.1. The predicted molar refractivity (Wildman–Crippen MR) is 134 cm³/mol. The van der Waals surface area contributed by atoms with E-state index in [0.29, 0.717) is 5.56 Å². The first-order valence-electron chi connectivity index (χ1n) is 11.4. The topological polar surface area (TPSA) is 82.9 Å². The van der Waals surface area contributed by atoms with Gasteiger partial charge in [-0.15, -0.1) is 10.2 Å². The van der Waals surface area contributed by atoms with Crippen molar-refractivity contribution in [2.24, 2.45) is 15.6 Å². The van der Waals surface area contributed by atoms with Gasteiger partial charge < -0.3 is 10.6 Å². The van der Waals surface area contributed by atoms with Gasteiger partial charge in [-0.1, -0.05) is 32.9 Å². The van der Waals surface area contributed by atoms with Crippen LogP contribution in [-0.4, -0.2) is 17.7 Å². The Balaban J connectivity index is 1.77. The lowest BCUT2D eigenvalue weighted by Crippen LogP contribution is -2.20.